The zero-order valence-electron chi connectivity index (χ0n) is 19.8. The van der Waals surface area contributed by atoms with Gasteiger partial charge in [0.05, 0.1) is 0 Å². The molecule has 0 bridgehead atoms. The fourth-order valence-electron chi connectivity index (χ4n) is 3.48. The van der Waals surface area contributed by atoms with Gasteiger partial charge >= 0.3 is 0 Å². The van der Waals surface area contributed by atoms with Crippen LogP contribution in [0.5, 0.6) is 0 Å². The van der Waals surface area contributed by atoms with E-state index in [1.54, 1.807) is 17.6 Å². The van der Waals surface area contributed by atoms with Crippen LogP contribution in [0.4, 0.5) is 11.4 Å². The fourth-order valence-corrected chi connectivity index (χ4v) is 4.47. The number of hydroxylamine groups is 1. The number of carbonyl (C=O) groups is 3. The van der Waals surface area contributed by atoms with Crippen LogP contribution in [0.3, 0.4) is 0 Å². The summed E-state index contributed by atoms with van der Waals surface area (Å²) < 4.78 is 0. The minimum atomic E-state index is -0.785. The zero-order valence-corrected chi connectivity index (χ0v) is 20.6. The molecule has 3 aromatic rings. The predicted molar refractivity (Wildman–Crippen MR) is 141 cm³/mol. The molecule has 184 valence electrons. The lowest BCUT2D eigenvalue weighted by Crippen LogP contribution is -2.45. The highest BCUT2D eigenvalue weighted by molar-refractivity contribution is 7.99. The second-order valence-corrected chi connectivity index (χ2v) is 9.35. The third-order valence-corrected chi connectivity index (χ3v) is 6.56. The van der Waals surface area contributed by atoms with Gasteiger partial charge in [0.15, 0.2) is 0 Å². The highest BCUT2D eigenvalue weighted by Gasteiger charge is 2.22. The topological polar surface area (TPSA) is 111 Å². The summed E-state index contributed by atoms with van der Waals surface area (Å²) in [5.74, 6) is -0.184. The molecular formula is C26H30N4O4S. The van der Waals surface area contributed by atoms with Gasteiger partial charge in [0.25, 0.3) is 5.91 Å². The Morgan fingerprint density at radius 2 is 1.69 bits per heavy atom. The zero-order chi connectivity index (χ0) is 25.2. The minimum Gasteiger partial charge on any atom is -0.378 e. The van der Waals surface area contributed by atoms with Crippen molar-refractivity contribution in [2.45, 2.75) is 18.9 Å². The number of rotatable bonds is 11. The lowest BCUT2D eigenvalue weighted by atomic mass is 10.1. The van der Waals surface area contributed by atoms with Gasteiger partial charge in [-0.3, -0.25) is 19.6 Å². The molecule has 0 heterocycles. The second-order valence-electron chi connectivity index (χ2n) is 8.20. The Balaban J connectivity index is 1.71. The van der Waals surface area contributed by atoms with Crippen LogP contribution >= 0.6 is 11.8 Å². The summed E-state index contributed by atoms with van der Waals surface area (Å²) in [5, 5.41) is 16.3. The van der Waals surface area contributed by atoms with E-state index in [0.29, 0.717) is 29.2 Å². The smallest absolute Gasteiger partial charge is 0.251 e. The van der Waals surface area contributed by atoms with E-state index in [2.05, 4.69) is 10.6 Å². The Morgan fingerprint density at radius 1 is 0.971 bits per heavy atom. The Labute approximate surface area is 209 Å². The molecule has 0 saturated carbocycles. The van der Waals surface area contributed by atoms with Crippen LogP contribution in [-0.2, 0) is 9.59 Å². The van der Waals surface area contributed by atoms with Crippen LogP contribution in [0, 0.1) is 0 Å². The SMILES string of the molecule is CN(C)c1ccc(C(=O)N[C@@H](CSCCCC(=O)NO)C(=O)Nc2cccc3ccccc23)cc1. The van der Waals surface area contributed by atoms with Crippen LogP contribution in [0.15, 0.2) is 66.7 Å². The van der Waals surface area contributed by atoms with Crippen molar-refractivity contribution >= 4 is 51.6 Å². The summed E-state index contributed by atoms with van der Waals surface area (Å²) in [5.41, 5.74) is 3.71. The maximum atomic E-state index is 13.2. The summed E-state index contributed by atoms with van der Waals surface area (Å²) in [6, 6.07) is 19.8. The number of nitrogens with one attached hydrogen (secondary N) is 3. The third-order valence-electron chi connectivity index (χ3n) is 5.42. The van der Waals surface area contributed by atoms with E-state index in [1.165, 1.54) is 11.8 Å². The molecule has 0 aliphatic carbocycles. The van der Waals surface area contributed by atoms with Crippen molar-refractivity contribution in [1.82, 2.24) is 10.8 Å². The first-order chi connectivity index (χ1) is 16.9. The monoisotopic (exact) mass is 494 g/mol. The molecule has 0 radical (unpaired) electrons. The molecule has 0 unspecified atom stereocenters. The van der Waals surface area contributed by atoms with E-state index in [9.17, 15) is 14.4 Å². The lowest BCUT2D eigenvalue weighted by Gasteiger charge is -2.19. The molecule has 0 aliphatic heterocycles. The molecule has 8 nitrogen and oxygen atoms in total. The highest BCUT2D eigenvalue weighted by atomic mass is 32.2. The average Bonchev–Trinajstić information content (AvgIpc) is 2.87. The van der Waals surface area contributed by atoms with Gasteiger partial charge in [-0.05, 0) is 47.9 Å². The number of amides is 3. The van der Waals surface area contributed by atoms with Crippen molar-refractivity contribution in [3.05, 3.63) is 72.3 Å². The third kappa shape index (κ3) is 7.46. The first-order valence-corrected chi connectivity index (χ1v) is 12.4. The number of nitrogens with zero attached hydrogens (tertiary/aromatic N) is 1. The van der Waals surface area contributed by atoms with Gasteiger partial charge in [-0.25, -0.2) is 5.48 Å². The Kier molecular flexibility index (Phi) is 9.51. The van der Waals surface area contributed by atoms with E-state index in [4.69, 9.17) is 5.21 Å². The van der Waals surface area contributed by atoms with E-state index in [0.717, 1.165) is 16.5 Å². The van der Waals surface area contributed by atoms with Crippen molar-refractivity contribution in [2.24, 2.45) is 0 Å². The van der Waals surface area contributed by atoms with Gasteiger partial charge in [-0.2, -0.15) is 11.8 Å². The number of carbonyl (C=O) groups excluding carboxylic acids is 3. The average molecular weight is 495 g/mol. The van der Waals surface area contributed by atoms with Crippen molar-refractivity contribution < 1.29 is 19.6 Å². The largest absolute Gasteiger partial charge is 0.378 e. The molecule has 0 spiro atoms. The van der Waals surface area contributed by atoms with Crippen LogP contribution < -0.4 is 21.0 Å². The molecule has 0 fully saturated rings. The lowest BCUT2D eigenvalue weighted by molar-refractivity contribution is -0.129. The summed E-state index contributed by atoms with van der Waals surface area (Å²) in [6.45, 7) is 0. The van der Waals surface area contributed by atoms with Crippen molar-refractivity contribution in [3.8, 4) is 0 Å². The number of fused-ring (bicyclic) bond motifs is 1. The first kappa shape index (κ1) is 26.1. The van der Waals surface area contributed by atoms with E-state index in [-0.39, 0.29) is 18.2 Å². The van der Waals surface area contributed by atoms with Gasteiger partial charge in [0, 0.05) is 48.6 Å². The molecular weight excluding hydrogens is 464 g/mol. The van der Waals surface area contributed by atoms with Gasteiger partial charge in [0.2, 0.25) is 11.8 Å². The highest BCUT2D eigenvalue weighted by Crippen LogP contribution is 2.23. The number of hydrogen-bond donors (Lipinski definition) is 4. The molecule has 0 aliphatic rings. The van der Waals surface area contributed by atoms with Crippen LogP contribution in [0.1, 0.15) is 23.2 Å². The normalized spacial score (nSPS) is 11.5. The molecule has 35 heavy (non-hydrogen) atoms. The van der Waals surface area contributed by atoms with E-state index in [1.807, 2.05) is 73.6 Å². The Morgan fingerprint density at radius 3 is 2.40 bits per heavy atom. The summed E-state index contributed by atoms with van der Waals surface area (Å²) in [6.07, 6.45) is 0.718. The fraction of sp³-hybridized carbons (Fsp3) is 0.269. The molecule has 0 aromatic heterocycles. The predicted octanol–water partition coefficient (Wildman–Crippen LogP) is 3.66. The van der Waals surface area contributed by atoms with Crippen LogP contribution in [0.2, 0.25) is 0 Å². The Hall–Kier alpha value is -3.56. The molecule has 0 saturated heterocycles. The minimum absolute atomic E-state index is 0.181. The second kappa shape index (κ2) is 12.8. The summed E-state index contributed by atoms with van der Waals surface area (Å²) in [4.78, 5) is 39.3. The number of anilines is 2. The van der Waals surface area contributed by atoms with Crippen LogP contribution in [0.25, 0.3) is 10.8 Å². The van der Waals surface area contributed by atoms with Crippen molar-refractivity contribution in [3.63, 3.8) is 0 Å². The quantitative estimate of drug-likeness (QED) is 0.184. The molecule has 3 rings (SSSR count). The van der Waals surface area contributed by atoms with Gasteiger partial charge in [-0.15, -0.1) is 0 Å². The van der Waals surface area contributed by atoms with E-state index < -0.39 is 11.9 Å². The number of benzene rings is 3. The number of thioether (sulfide) groups is 1. The molecule has 1 atom stereocenters. The maximum absolute atomic E-state index is 13.2. The standard InChI is InChI=1S/C26H30N4O4S/c1-30(2)20-14-12-19(13-15-20)25(32)28-23(17-35-16-6-11-24(31)29-34)26(33)27-22-10-5-8-18-7-3-4-9-21(18)22/h3-5,7-10,12-15,23,34H,6,11,16-17H2,1-2H3,(H,27,33)(H,28,32)(H,29,31)/t23-/m0/s1. The van der Waals surface area contributed by atoms with Crippen molar-refractivity contribution in [1.29, 1.82) is 0 Å². The number of hydrogen-bond acceptors (Lipinski definition) is 6. The molecule has 3 amide bonds. The van der Waals surface area contributed by atoms with E-state index >= 15 is 0 Å². The molecule has 9 heteroatoms. The maximum Gasteiger partial charge on any atom is 0.251 e. The van der Waals surface area contributed by atoms with Gasteiger partial charge in [-0.1, -0.05) is 36.4 Å². The van der Waals surface area contributed by atoms with Crippen molar-refractivity contribution in [2.75, 3.05) is 35.8 Å². The first-order valence-electron chi connectivity index (χ1n) is 11.3. The summed E-state index contributed by atoms with van der Waals surface area (Å²) >= 11 is 1.46. The van der Waals surface area contributed by atoms with Gasteiger partial charge < -0.3 is 15.5 Å². The van der Waals surface area contributed by atoms with Crippen LogP contribution in [-0.4, -0.2) is 54.6 Å². The summed E-state index contributed by atoms with van der Waals surface area (Å²) in [7, 11) is 3.84. The Bertz CT molecular complexity index is 1160. The molecule has 4 N–H and O–H groups in total. The molecule has 3 aromatic carbocycles. The van der Waals surface area contributed by atoms with Gasteiger partial charge in [0.1, 0.15) is 6.04 Å².